The molecule has 4 nitrogen and oxygen atoms in total. The minimum atomic E-state index is -0.371. The lowest BCUT2D eigenvalue weighted by Crippen LogP contribution is -2.22. The highest BCUT2D eigenvalue weighted by Crippen LogP contribution is 2.29. The zero-order valence-corrected chi connectivity index (χ0v) is 12.4. The molecule has 1 aromatic carbocycles. The maximum absolute atomic E-state index is 11.9. The van der Waals surface area contributed by atoms with Gasteiger partial charge in [0, 0.05) is 0 Å². The smallest absolute Gasteiger partial charge is 0.338 e. The van der Waals surface area contributed by atoms with Crippen LogP contribution in [0.3, 0.4) is 0 Å². The minimum absolute atomic E-state index is 0.132. The lowest BCUT2D eigenvalue weighted by Gasteiger charge is -2.17. The molecule has 3 atom stereocenters. The number of allylic oxidation sites excluding steroid dienone is 1. The van der Waals surface area contributed by atoms with Gasteiger partial charge >= 0.3 is 5.97 Å². The second-order valence-electron chi connectivity index (χ2n) is 5.11. The van der Waals surface area contributed by atoms with Crippen molar-refractivity contribution in [2.24, 2.45) is 0 Å². The molecule has 0 spiro atoms. The third kappa shape index (κ3) is 3.73. The van der Waals surface area contributed by atoms with E-state index in [2.05, 4.69) is 13.2 Å². The fraction of sp³-hybridized carbons (Fsp3) is 0.353. The molecule has 0 bridgehead atoms. The fourth-order valence-corrected chi connectivity index (χ4v) is 2.25. The molecular formula is C17H20O4. The first-order valence-corrected chi connectivity index (χ1v) is 6.87. The minimum Gasteiger partial charge on any atom is -0.489 e. The van der Waals surface area contributed by atoms with Crippen LogP contribution in [0, 0.1) is 0 Å². The van der Waals surface area contributed by atoms with Crippen LogP contribution < -0.4 is 0 Å². The van der Waals surface area contributed by atoms with Gasteiger partial charge in [-0.1, -0.05) is 31.4 Å². The summed E-state index contributed by atoms with van der Waals surface area (Å²) in [5.74, 6) is 0.238. The Hall–Kier alpha value is -2.07. The van der Waals surface area contributed by atoms with Crippen molar-refractivity contribution < 1.29 is 19.0 Å². The standard InChI is InChI=1S/C17H20O4/c1-11(2)20-16-12(3)15(21-13(16)4)10-19-17(18)14-8-6-5-7-9-14/h5-9,13,15-16H,1,3,10H2,2,4H3/t13-,15+,16+/m0/s1. The van der Waals surface area contributed by atoms with Gasteiger partial charge in [0.15, 0.2) is 0 Å². The molecule has 112 valence electrons. The monoisotopic (exact) mass is 288 g/mol. The Morgan fingerprint density at radius 1 is 1.33 bits per heavy atom. The van der Waals surface area contributed by atoms with Crippen molar-refractivity contribution in [1.82, 2.24) is 0 Å². The Kier molecular flexibility index (Phi) is 4.81. The molecule has 0 radical (unpaired) electrons. The van der Waals surface area contributed by atoms with Crippen LogP contribution in [-0.4, -0.2) is 30.9 Å². The normalized spacial score (nSPS) is 24.7. The van der Waals surface area contributed by atoms with Gasteiger partial charge in [-0.05, 0) is 31.6 Å². The summed E-state index contributed by atoms with van der Waals surface area (Å²) < 4.78 is 16.6. The first-order chi connectivity index (χ1) is 9.99. The van der Waals surface area contributed by atoms with Crippen LogP contribution in [0.5, 0.6) is 0 Å². The Labute approximate surface area is 125 Å². The summed E-state index contributed by atoms with van der Waals surface area (Å²) in [5.41, 5.74) is 1.29. The Morgan fingerprint density at radius 2 is 2.00 bits per heavy atom. The first kappa shape index (κ1) is 15.3. The van der Waals surface area contributed by atoms with Crippen LogP contribution >= 0.6 is 0 Å². The summed E-state index contributed by atoms with van der Waals surface area (Å²) in [6, 6.07) is 8.85. The van der Waals surface area contributed by atoms with Gasteiger partial charge in [0.25, 0.3) is 0 Å². The van der Waals surface area contributed by atoms with Crippen molar-refractivity contribution in [3.8, 4) is 0 Å². The summed E-state index contributed by atoms with van der Waals surface area (Å²) >= 11 is 0. The quantitative estimate of drug-likeness (QED) is 0.474. The van der Waals surface area contributed by atoms with Crippen LogP contribution in [0.2, 0.25) is 0 Å². The van der Waals surface area contributed by atoms with E-state index in [0.29, 0.717) is 11.3 Å². The first-order valence-electron chi connectivity index (χ1n) is 6.87. The summed E-state index contributed by atoms with van der Waals surface area (Å²) in [7, 11) is 0. The van der Waals surface area contributed by atoms with Crippen LogP contribution in [0.1, 0.15) is 24.2 Å². The molecule has 1 aromatic rings. The van der Waals surface area contributed by atoms with Gasteiger partial charge < -0.3 is 14.2 Å². The van der Waals surface area contributed by atoms with Gasteiger partial charge in [0.05, 0.1) is 17.4 Å². The Morgan fingerprint density at radius 3 is 2.62 bits per heavy atom. The predicted octanol–water partition coefficient (Wildman–Crippen LogP) is 3.11. The number of carbonyl (C=O) groups excluding carboxylic acids is 1. The van der Waals surface area contributed by atoms with Crippen molar-refractivity contribution in [3.63, 3.8) is 0 Å². The summed E-state index contributed by atoms with van der Waals surface area (Å²) in [5, 5.41) is 0. The lowest BCUT2D eigenvalue weighted by molar-refractivity contribution is -0.0157. The van der Waals surface area contributed by atoms with Gasteiger partial charge in [-0.15, -0.1) is 0 Å². The highest BCUT2D eigenvalue weighted by molar-refractivity contribution is 5.89. The molecule has 0 aliphatic carbocycles. The van der Waals surface area contributed by atoms with Gasteiger partial charge in [0.1, 0.15) is 18.8 Å². The van der Waals surface area contributed by atoms with Crippen molar-refractivity contribution in [2.45, 2.75) is 32.2 Å². The average molecular weight is 288 g/mol. The van der Waals surface area contributed by atoms with Gasteiger partial charge in [0.2, 0.25) is 0 Å². The average Bonchev–Trinajstić information content (AvgIpc) is 2.73. The van der Waals surface area contributed by atoms with Crippen molar-refractivity contribution in [3.05, 3.63) is 60.4 Å². The van der Waals surface area contributed by atoms with Crippen LogP contribution in [0.4, 0.5) is 0 Å². The second kappa shape index (κ2) is 6.59. The second-order valence-corrected chi connectivity index (χ2v) is 5.11. The fourth-order valence-electron chi connectivity index (χ4n) is 2.25. The number of rotatable bonds is 5. The van der Waals surface area contributed by atoms with Crippen molar-refractivity contribution in [2.75, 3.05) is 6.61 Å². The SMILES string of the molecule is C=C(C)O[C@@H]1C(=C)[C@@H](COC(=O)c2ccccc2)O[C@H]1C. The molecule has 0 unspecified atom stereocenters. The number of carbonyl (C=O) groups is 1. The molecule has 1 aliphatic heterocycles. The molecule has 2 rings (SSSR count). The molecule has 21 heavy (non-hydrogen) atoms. The van der Waals surface area contributed by atoms with Gasteiger partial charge in [-0.2, -0.15) is 0 Å². The zero-order valence-electron chi connectivity index (χ0n) is 12.4. The molecular weight excluding hydrogens is 268 g/mol. The molecule has 1 saturated heterocycles. The number of ether oxygens (including phenoxy) is 3. The van der Waals surface area contributed by atoms with Gasteiger partial charge in [-0.25, -0.2) is 4.79 Å². The van der Waals surface area contributed by atoms with E-state index in [-0.39, 0.29) is 30.9 Å². The van der Waals surface area contributed by atoms with Crippen LogP contribution in [0.25, 0.3) is 0 Å². The predicted molar refractivity (Wildman–Crippen MR) is 79.9 cm³/mol. The van der Waals surface area contributed by atoms with E-state index in [1.165, 1.54) is 0 Å². The Bertz CT molecular complexity index is 535. The van der Waals surface area contributed by atoms with E-state index in [0.717, 1.165) is 5.57 Å². The summed E-state index contributed by atoms with van der Waals surface area (Å²) in [6.45, 7) is 11.5. The van der Waals surface area contributed by atoms with E-state index in [9.17, 15) is 4.79 Å². The highest BCUT2D eigenvalue weighted by atomic mass is 16.6. The molecule has 1 aliphatic rings. The largest absolute Gasteiger partial charge is 0.489 e. The third-order valence-electron chi connectivity index (χ3n) is 3.29. The van der Waals surface area contributed by atoms with E-state index in [1.807, 2.05) is 13.0 Å². The molecule has 0 aromatic heterocycles. The molecule has 1 heterocycles. The third-order valence-corrected chi connectivity index (χ3v) is 3.29. The molecule has 0 amide bonds. The number of esters is 1. The van der Waals surface area contributed by atoms with Crippen LogP contribution in [-0.2, 0) is 14.2 Å². The maximum Gasteiger partial charge on any atom is 0.338 e. The number of hydrogen-bond donors (Lipinski definition) is 0. The van der Waals surface area contributed by atoms with Crippen molar-refractivity contribution in [1.29, 1.82) is 0 Å². The molecule has 1 fully saturated rings. The number of benzene rings is 1. The lowest BCUT2D eigenvalue weighted by atomic mass is 10.1. The van der Waals surface area contributed by atoms with Crippen molar-refractivity contribution >= 4 is 5.97 Å². The topological polar surface area (TPSA) is 44.8 Å². The van der Waals surface area contributed by atoms with E-state index in [4.69, 9.17) is 14.2 Å². The molecule has 4 heteroatoms. The Balaban J connectivity index is 1.91. The number of hydrogen-bond acceptors (Lipinski definition) is 4. The van der Waals surface area contributed by atoms with Crippen LogP contribution in [0.15, 0.2) is 54.8 Å². The van der Waals surface area contributed by atoms with Gasteiger partial charge in [-0.3, -0.25) is 0 Å². The molecule has 0 N–H and O–H groups in total. The highest BCUT2D eigenvalue weighted by Gasteiger charge is 2.38. The summed E-state index contributed by atoms with van der Waals surface area (Å²) in [4.78, 5) is 11.9. The zero-order chi connectivity index (χ0) is 15.4. The van der Waals surface area contributed by atoms with E-state index >= 15 is 0 Å². The molecule has 0 saturated carbocycles. The summed E-state index contributed by atoms with van der Waals surface area (Å²) in [6.07, 6.45) is -0.741. The van der Waals surface area contributed by atoms with E-state index in [1.54, 1.807) is 31.2 Å². The van der Waals surface area contributed by atoms with E-state index < -0.39 is 0 Å². The maximum atomic E-state index is 11.9.